The standard InChI is InChI=1S/C15H14BrNO4S/c1-17(22(18,19)13-4-2-3-11(16)9-13)12-5-6-14-15(10-12)21-8-7-20-14/h2-6,9-10H,7-8H2,1H3. The number of nitrogens with zero attached hydrogens (tertiary/aromatic N) is 1. The van der Waals surface area contributed by atoms with Crippen LogP contribution in [0.1, 0.15) is 0 Å². The van der Waals surface area contributed by atoms with Gasteiger partial charge in [-0.2, -0.15) is 0 Å². The molecule has 2 aromatic carbocycles. The molecule has 116 valence electrons. The van der Waals surface area contributed by atoms with Crippen LogP contribution < -0.4 is 13.8 Å². The van der Waals surface area contributed by atoms with Crippen molar-refractivity contribution in [3.05, 3.63) is 46.9 Å². The molecule has 0 spiro atoms. The van der Waals surface area contributed by atoms with Gasteiger partial charge >= 0.3 is 0 Å². The lowest BCUT2D eigenvalue weighted by atomic mass is 10.2. The Labute approximate surface area is 137 Å². The third-order valence-electron chi connectivity index (χ3n) is 3.34. The summed E-state index contributed by atoms with van der Waals surface area (Å²) in [5.41, 5.74) is 0.518. The number of benzene rings is 2. The highest BCUT2D eigenvalue weighted by molar-refractivity contribution is 9.10. The Balaban J connectivity index is 1.97. The zero-order valence-electron chi connectivity index (χ0n) is 11.8. The summed E-state index contributed by atoms with van der Waals surface area (Å²) in [5.74, 6) is 1.18. The Morgan fingerprint density at radius 1 is 1.05 bits per heavy atom. The van der Waals surface area contributed by atoms with E-state index >= 15 is 0 Å². The lowest BCUT2D eigenvalue weighted by Gasteiger charge is -2.23. The molecule has 0 aromatic heterocycles. The molecular weight excluding hydrogens is 370 g/mol. The Kier molecular flexibility index (Phi) is 4.01. The van der Waals surface area contributed by atoms with Gasteiger partial charge in [-0.1, -0.05) is 22.0 Å². The van der Waals surface area contributed by atoms with Crippen molar-refractivity contribution in [2.75, 3.05) is 24.6 Å². The van der Waals surface area contributed by atoms with E-state index in [0.717, 1.165) is 0 Å². The summed E-state index contributed by atoms with van der Waals surface area (Å²) >= 11 is 3.29. The molecule has 0 N–H and O–H groups in total. The van der Waals surface area contributed by atoms with Crippen LogP contribution in [0.4, 0.5) is 5.69 Å². The van der Waals surface area contributed by atoms with E-state index in [-0.39, 0.29) is 4.90 Å². The largest absolute Gasteiger partial charge is 0.486 e. The first kappa shape index (κ1) is 15.2. The summed E-state index contributed by atoms with van der Waals surface area (Å²) in [6, 6.07) is 11.7. The minimum atomic E-state index is -3.63. The first-order valence-electron chi connectivity index (χ1n) is 6.62. The van der Waals surface area contributed by atoms with Crippen LogP contribution in [0.15, 0.2) is 51.8 Å². The number of rotatable bonds is 3. The van der Waals surface area contributed by atoms with Gasteiger partial charge in [-0.3, -0.25) is 4.31 Å². The van der Waals surface area contributed by atoms with E-state index in [1.54, 1.807) is 42.5 Å². The van der Waals surface area contributed by atoms with Crippen molar-refractivity contribution < 1.29 is 17.9 Å². The molecule has 0 aliphatic carbocycles. The number of fused-ring (bicyclic) bond motifs is 1. The van der Waals surface area contributed by atoms with Crippen molar-refractivity contribution >= 4 is 31.6 Å². The van der Waals surface area contributed by atoms with Gasteiger partial charge in [0.2, 0.25) is 0 Å². The highest BCUT2D eigenvalue weighted by Crippen LogP contribution is 2.35. The first-order valence-corrected chi connectivity index (χ1v) is 8.86. The van der Waals surface area contributed by atoms with Crippen molar-refractivity contribution in [1.82, 2.24) is 0 Å². The topological polar surface area (TPSA) is 55.8 Å². The lowest BCUT2D eigenvalue weighted by Crippen LogP contribution is -2.26. The Morgan fingerprint density at radius 2 is 1.77 bits per heavy atom. The minimum absolute atomic E-state index is 0.222. The summed E-state index contributed by atoms with van der Waals surface area (Å²) in [7, 11) is -2.12. The molecule has 3 rings (SSSR count). The van der Waals surface area contributed by atoms with E-state index in [1.165, 1.54) is 11.4 Å². The van der Waals surface area contributed by atoms with Crippen LogP contribution in [0.5, 0.6) is 11.5 Å². The molecule has 0 atom stereocenters. The minimum Gasteiger partial charge on any atom is -0.486 e. The smallest absolute Gasteiger partial charge is 0.264 e. The van der Waals surface area contributed by atoms with Crippen LogP contribution in [0.25, 0.3) is 0 Å². The van der Waals surface area contributed by atoms with Crippen molar-refractivity contribution in [2.24, 2.45) is 0 Å². The van der Waals surface area contributed by atoms with Crippen LogP contribution in [-0.4, -0.2) is 28.7 Å². The first-order chi connectivity index (χ1) is 10.5. The highest BCUT2D eigenvalue weighted by atomic mass is 79.9. The summed E-state index contributed by atoms with van der Waals surface area (Å²) in [6.07, 6.45) is 0. The predicted octanol–water partition coefficient (Wildman–Crippen LogP) is 3.05. The number of anilines is 1. The fourth-order valence-electron chi connectivity index (χ4n) is 2.15. The molecule has 0 bridgehead atoms. The lowest BCUT2D eigenvalue weighted by molar-refractivity contribution is 0.171. The fraction of sp³-hybridized carbons (Fsp3) is 0.200. The Morgan fingerprint density at radius 3 is 2.50 bits per heavy atom. The number of hydrogen-bond acceptors (Lipinski definition) is 4. The van der Waals surface area contributed by atoms with Crippen molar-refractivity contribution in [2.45, 2.75) is 4.90 Å². The molecule has 0 unspecified atom stereocenters. The number of hydrogen-bond donors (Lipinski definition) is 0. The highest BCUT2D eigenvalue weighted by Gasteiger charge is 2.23. The summed E-state index contributed by atoms with van der Waals surface area (Å²) in [4.78, 5) is 0.222. The average molecular weight is 384 g/mol. The molecule has 0 amide bonds. The molecule has 0 fully saturated rings. The Hall–Kier alpha value is -1.73. The monoisotopic (exact) mass is 383 g/mol. The maximum absolute atomic E-state index is 12.7. The maximum atomic E-state index is 12.7. The third kappa shape index (κ3) is 2.78. The molecule has 22 heavy (non-hydrogen) atoms. The van der Waals surface area contributed by atoms with E-state index in [9.17, 15) is 8.42 Å². The van der Waals surface area contributed by atoms with Gasteiger partial charge in [0.25, 0.3) is 10.0 Å². The number of sulfonamides is 1. The molecule has 5 nitrogen and oxygen atoms in total. The van der Waals surface area contributed by atoms with Gasteiger partial charge in [0.05, 0.1) is 10.6 Å². The van der Waals surface area contributed by atoms with Crippen LogP contribution in [-0.2, 0) is 10.0 Å². The van der Waals surface area contributed by atoms with Crippen LogP contribution in [0.2, 0.25) is 0 Å². The van der Waals surface area contributed by atoms with E-state index in [4.69, 9.17) is 9.47 Å². The molecule has 0 radical (unpaired) electrons. The van der Waals surface area contributed by atoms with Gasteiger partial charge < -0.3 is 9.47 Å². The van der Waals surface area contributed by atoms with E-state index < -0.39 is 10.0 Å². The quantitative estimate of drug-likeness (QED) is 0.817. The zero-order chi connectivity index (χ0) is 15.7. The average Bonchev–Trinajstić information content (AvgIpc) is 2.53. The molecular formula is C15H14BrNO4S. The van der Waals surface area contributed by atoms with Gasteiger partial charge in [0, 0.05) is 17.6 Å². The number of halogens is 1. The molecule has 2 aromatic rings. The van der Waals surface area contributed by atoms with Crippen molar-refractivity contribution in [3.8, 4) is 11.5 Å². The summed E-state index contributed by atoms with van der Waals surface area (Å²) < 4.78 is 38.3. The number of ether oxygens (including phenoxy) is 2. The molecule has 1 heterocycles. The predicted molar refractivity (Wildman–Crippen MR) is 87.2 cm³/mol. The summed E-state index contributed by atoms with van der Waals surface area (Å²) in [6.45, 7) is 0.955. The SMILES string of the molecule is CN(c1ccc2c(c1)OCCO2)S(=O)(=O)c1cccc(Br)c1. The molecule has 0 saturated heterocycles. The molecule has 7 heteroatoms. The van der Waals surface area contributed by atoms with Crippen molar-refractivity contribution in [3.63, 3.8) is 0 Å². The van der Waals surface area contributed by atoms with E-state index in [1.807, 2.05) is 0 Å². The van der Waals surface area contributed by atoms with Gasteiger partial charge in [0.1, 0.15) is 13.2 Å². The van der Waals surface area contributed by atoms with Crippen LogP contribution >= 0.6 is 15.9 Å². The van der Waals surface area contributed by atoms with Crippen LogP contribution in [0, 0.1) is 0 Å². The van der Waals surface area contributed by atoms with Gasteiger partial charge in [-0.05, 0) is 30.3 Å². The molecule has 1 aliphatic rings. The van der Waals surface area contributed by atoms with Gasteiger partial charge in [0.15, 0.2) is 11.5 Å². The summed E-state index contributed by atoms with van der Waals surface area (Å²) in [5, 5.41) is 0. The molecule has 1 aliphatic heterocycles. The second-order valence-electron chi connectivity index (χ2n) is 4.76. The second kappa shape index (κ2) is 5.81. The third-order valence-corrected chi connectivity index (χ3v) is 5.62. The second-order valence-corrected chi connectivity index (χ2v) is 7.64. The molecule has 0 saturated carbocycles. The maximum Gasteiger partial charge on any atom is 0.264 e. The van der Waals surface area contributed by atoms with Gasteiger partial charge in [-0.25, -0.2) is 8.42 Å². The van der Waals surface area contributed by atoms with E-state index in [2.05, 4.69) is 15.9 Å². The fourth-order valence-corrected chi connectivity index (χ4v) is 3.94. The normalized spacial score (nSPS) is 13.7. The zero-order valence-corrected chi connectivity index (χ0v) is 14.2. The Bertz CT molecular complexity index is 807. The van der Waals surface area contributed by atoms with Crippen LogP contribution in [0.3, 0.4) is 0 Å². The van der Waals surface area contributed by atoms with Crippen molar-refractivity contribution in [1.29, 1.82) is 0 Å². The van der Waals surface area contributed by atoms with Gasteiger partial charge in [-0.15, -0.1) is 0 Å². The van der Waals surface area contributed by atoms with E-state index in [0.29, 0.717) is 34.9 Å².